The number of benzene rings is 1. The number of likely N-dealkylation sites (tertiary alicyclic amines) is 1. The Morgan fingerprint density at radius 2 is 1.35 bits per heavy atom. The molecule has 0 radical (unpaired) electrons. The van der Waals surface area contributed by atoms with Crippen LogP contribution in [0.3, 0.4) is 0 Å². The zero-order valence-corrected chi connectivity index (χ0v) is 20.9. The molecule has 6 nitrogen and oxygen atoms in total. The van der Waals surface area contributed by atoms with Gasteiger partial charge in [0, 0.05) is 38.1 Å². The summed E-state index contributed by atoms with van der Waals surface area (Å²) in [6, 6.07) is 7.22. The first-order chi connectivity index (χ1) is 14.5. The van der Waals surface area contributed by atoms with E-state index in [-0.39, 0.29) is 6.09 Å². The van der Waals surface area contributed by atoms with E-state index in [1.54, 1.807) is 12.1 Å². The Bertz CT molecular complexity index is 799. The van der Waals surface area contributed by atoms with Crippen molar-refractivity contribution in [2.24, 2.45) is 11.8 Å². The lowest BCUT2D eigenvalue weighted by molar-refractivity contribution is 0.0152. The van der Waals surface area contributed by atoms with E-state index in [4.69, 9.17) is 4.74 Å². The van der Waals surface area contributed by atoms with Gasteiger partial charge in [-0.1, -0.05) is 13.8 Å². The van der Waals surface area contributed by atoms with Gasteiger partial charge >= 0.3 is 6.09 Å². The van der Waals surface area contributed by atoms with Gasteiger partial charge in [-0.3, -0.25) is 0 Å². The summed E-state index contributed by atoms with van der Waals surface area (Å²) < 4.78 is 28.7. The average molecular weight is 453 g/mol. The fraction of sp³-hybridized carbons (Fsp3) is 0.708. The summed E-state index contributed by atoms with van der Waals surface area (Å²) in [6.07, 6.45) is 5.43. The van der Waals surface area contributed by atoms with E-state index in [0.717, 1.165) is 57.5 Å². The van der Waals surface area contributed by atoms with Crippen molar-refractivity contribution in [3.8, 4) is 0 Å². The van der Waals surface area contributed by atoms with Crippen LogP contribution in [-0.4, -0.2) is 57.4 Å². The first kappa shape index (κ1) is 25.5. The van der Waals surface area contributed by atoms with Crippen molar-refractivity contribution in [3.63, 3.8) is 0 Å². The molecule has 2 saturated heterocycles. The molecule has 0 unspecified atom stereocenters. The average Bonchev–Trinajstić information content (AvgIpc) is 2.74. The second-order valence-electron chi connectivity index (χ2n) is 9.40. The van der Waals surface area contributed by atoms with Crippen LogP contribution in [0.5, 0.6) is 0 Å². The van der Waals surface area contributed by atoms with Gasteiger partial charge in [0.15, 0.2) is 9.84 Å². The van der Waals surface area contributed by atoms with Crippen molar-refractivity contribution >= 4 is 21.6 Å². The molecular weight excluding hydrogens is 412 g/mol. The van der Waals surface area contributed by atoms with E-state index in [1.807, 2.05) is 51.7 Å². The fourth-order valence-electron chi connectivity index (χ4n) is 4.41. The van der Waals surface area contributed by atoms with E-state index >= 15 is 0 Å². The number of piperidine rings is 2. The maximum atomic E-state index is 12.2. The number of carbonyl (C=O) groups excluding carboxylic acids is 1. The molecule has 0 atom stereocenters. The first-order valence-corrected chi connectivity index (χ1v) is 13.4. The monoisotopic (exact) mass is 452 g/mol. The van der Waals surface area contributed by atoms with Gasteiger partial charge in [0.05, 0.1) is 4.90 Å². The molecule has 0 aromatic heterocycles. The van der Waals surface area contributed by atoms with E-state index in [1.165, 1.54) is 6.26 Å². The number of amides is 1. The van der Waals surface area contributed by atoms with Gasteiger partial charge in [-0.2, -0.15) is 0 Å². The third-order valence-corrected chi connectivity index (χ3v) is 7.16. The van der Waals surface area contributed by atoms with E-state index in [0.29, 0.717) is 16.7 Å². The first-order valence-electron chi connectivity index (χ1n) is 11.6. The minimum Gasteiger partial charge on any atom is -0.444 e. The molecule has 176 valence electrons. The lowest BCUT2D eigenvalue weighted by atomic mass is 9.79. The molecule has 0 spiro atoms. The number of rotatable bonds is 3. The summed E-state index contributed by atoms with van der Waals surface area (Å²) in [5.74, 6) is 1.37. The highest BCUT2D eigenvalue weighted by Gasteiger charge is 2.32. The third-order valence-electron chi connectivity index (χ3n) is 6.03. The lowest BCUT2D eigenvalue weighted by Gasteiger charge is -2.41. The number of carbonyl (C=O) groups is 1. The fourth-order valence-corrected chi connectivity index (χ4v) is 5.04. The standard InChI is InChI=1S/C22H34N2O4S.C2H6/c1-22(2,3)28-21(25)24-15-11-18(12-16-24)17-9-13-23(14-10-17)19-5-7-20(8-6-19)29(4,26)27;1-2/h5-8,17-18H,9-16H2,1-4H3;1-2H3. The zero-order valence-electron chi connectivity index (χ0n) is 20.1. The predicted octanol–water partition coefficient (Wildman–Crippen LogP) is 4.98. The second kappa shape index (κ2) is 10.7. The maximum Gasteiger partial charge on any atom is 0.410 e. The Morgan fingerprint density at radius 1 is 0.903 bits per heavy atom. The highest BCUT2D eigenvalue weighted by molar-refractivity contribution is 7.90. The van der Waals surface area contributed by atoms with E-state index in [2.05, 4.69) is 4.90 Å². The van der Waals surface area contributed by atoms with Gasteiger partial charge in [-0.25, -0.2) is 13.2 Å². The van der Waals surface area contributed by atoms with Crippen LogP contribution in [0.15, 0.2) is 29.2 Å². The summed E-state index contributed by atoms with van der Waals surface area (Å²) in [6.45, 7) is 13.3. The highest BCUT2D eigenvalue weighted by Crippen LogP contribution is 2.34. The number of ether oxygens (including phenoxy) is 1. The summed E-state index contributed by atoms with van der Waals surface area (Å²) >= 11 is 0. The van der Waals surface area contributed by atoms with Crippen molar-refractivity contribution in [1.82, 2.24) is 4.90 Å². The Balaban J connectivity index is 0.00000166. The Morgan fingerprint density at radius 3 is 1.77 bits per heavy atom. The number of anilines is 1. The Labute approximate surface area is 188 Å². The SMILES string of the molecule is CC.CC(C)(C)OC(=O)N1CCC(C2CCN(c3ccc(S(C)(=O)=O)cc3)CC2)CC1. The molecule has 31 heavy (non-hydrogen) atoms. The normalized spacial score (nSPS) is 18.9. The number of nitrogens with zero attached hydrogens (tertiary/aromatic N) is 2. The molecule has 0 aliphatic carbocycles. The maximum absolute atomic E-state index is 12.2. The van der Waals surface area contributed by atoms with Crippen molar-refractivity contribution in [2.75, 3.05) is 37.3 Å². The molecule has 1 aromatic rings. The van der Waals surface area contributed by atoms with Crippen molar-refractivity contribution in [3.05, 3.63) is 24.3 Å². The van der Waals surface area contributed by atoms with E-state index < -0.39 is 15.4 Å². The summed E-state index contributed by atoms with van der Waals surface area (Å²) in [5, 5.41) is 0. The van der Waals surface area contributed by atoms with Crippen LogP contribution in [0.2, 0.25) is 0 Å². The van der Waals surface area contributed by atoms with Gasteiger partial charge in [-0.05, 0) is 82.6 Å². The minimum absolute atomic E-state index is 0.191. The van der Waals surface area contributed by atoms with Crippen LogP contribution in [0.4, 0.5) is 10.5 Å². The molecule has 2 aliphatic rings. The molecule has 1 aromatic carbocycles. The summed E-state index contributed by atoms with van der Waals surface area (Å²) in [7, 11) is -3.15. The molecule has 2 fully saturated rings. The Kier molecular flexibility index (Phi) is 8.81. The third kappa shape index (κ3) is 7.41. The van der Waals surface area contributed by atoms with Crippen molar-refractivity contribution in [2.45, 2.75) is 70.8 Å². The molecule has 1 amide bonds. The molecule has 0 N–H and O–H groups in total. The van der Waals surface area contributed by atoms with Gasteiger partial charge in [0.1, 0.15) is 5.60 Å². The largest absolute Gasteiger partial charge is 0.444 e. The van der Waals surface area contributed by atoms with Crippen LogP contribution in [0, 0.1) is 11.8 Å². The summed E-state index contributed by atoms with van der Waals surface area (Å²) in [5.41, 5.74) is 0.649. The molecule has 2 heterocycles. The van der Waals surface area contributed by atoms with Gasteiger partial charge < -0.3 is 14.5 Å². The molecule has 3 rings (SSSR count). The number of sulfone groups is 1. The van der Waals surface area contributed by atoms with Crippen LogP contribution in [-0.2, 0) is 14.6 Å². The predicted molar refractivity (Wildman–Crippen MR) is 126 cm³/mol. The lowest BCUT2D eigenvalue weighted by Crippen LogP contribution is -2.44. The smallest absolute Gasteiger partial charge is 0.410 e. The van der Waals surface area contributed by atoms with Crippen molar-refractivity contribution in [1.29, 1.82) is 0 Å². The van der Waals surface area contributed by atoms with Gasteiger partial charge in [0.25, 0.3) is 0 Å². The molecule has 2 aliphatic heterocycles. The zero-order chi connectivity index (χ0) is 23.2. The molecule has 0 bridgehead atoms. The van der Waals surface area contributed by atoms with Crippen LogP contribution < -0.4 is 4.90 Å². The van der Waals surface area contributed by atoms with Crippen LogP contribution in [0.25, 0.3) is 0 Å². The quantitative estimate of drug-likeness (QED) is 0.647. The van der Waals surface area contributed by atoms with E-state index in [9.17, 15) is 13.2 Å². The number of hydrogen-bond acceptors (Lipinski definition) is 5. The summed E-state index contributed by atoms with van der Waals surface area (Å²) in [4.78, 5) is 16.8. The van der Waals surface area contributed by atoms with Crippen LogP contribution >= 0.6 is 0 Å². The Hall–Kier alpha value is -1.76. The minimum atomic E-state index is -3.15. The van der Waals surface area contributed by atoms with Gasteiger partial charge in [-0.15, -0.1) is 0 Å². The number of hydrogen-bond donors (Lipinski definition) is 0. The highest BCUT2D eigenvalue weighted by atomic mass is 32.2. The molecular formula is C24H40N2O4S. The van der Waals surface area contributed by atoms with Crippen molar-refractivity contribution < 1.29 is 17.9 Å². The van der Waals surface area contributed by atoms with Crippen LogP contribution in [0.1, 0.15) is 60.3 Å². The van der Waals surface area contributed by atoms with Gasteiger partial charge in [0.2, 0.25) is 0 Å². The molecule has 0 saturated carbocycles. The topological polar surface area (TPSA) is 66.9 Å². The molecule has 7 heteroatoms. The second-order valence-corrected chi connectivity index (χ2v) is 11.4.